The fourth-order valence-corrected chi connectivity index (χ4v) is 11.9. The zero-order valence-electron chi connectivity index (χ0n) is 35.1. The molecule has 0 N–H and O–H groups in total. The minimum atomic E-state index is -0.166. The molecule has 0 saturated carbocycles. The summed E-state index contributed by atoms with van der Waals surface area (Å²) in [4.78, 5) is 2.42. The van der Waals surface area contributed by atoms with Crippen LogP contribution in [0.15, 0.2) is 200 Å². The highest BCUT2D eigenvalue weighted by Gasteiger charge is 2.35. The van der Waals surface area contributed by atoms with Gasteiger partial charge in [-0.15, -0.1) is 11.3 Å². The number of nitrogens with zero attached hydrogens (tertiary/aromatic N) is 1. The third-order valence-corrected chi connectivity index (χ3v) is 14.9. The van der Waals surface area contributed by atoms with Crippen LogP contribution in [0.5, 0.6) is 0 Å². The van der Waals surface area contributed by atoms with Gasteiger partial charge in [-0.05, 0) is 143 Å². The molecule has 0 unspecified atom stereocenters. The number of fused-ring (bicyclic) bond motifs is 7. The van der Waals surface area contributed by atoms with E-state index >= 15 is 0 Å². The van der Waals surface area contributed by atoms with Crippen molar-refractivity contribution in [3.63, 3.8) is 0 Å². The fraction of sp³-hybridized carbons (Fsp3) is 0.0492. The number of para-hydroxylation sites is 1. The van der Waals surface area contributed by atoms with Crippen LogP contribution in [0.2, 0.25) is 0 Å². The first-order chi connectivity index (χ1) is 31.0. The second kappa shape index (κ2) is 13.7. The summed E-state index contributed by atoms with van der Waals surface area (Å²) in [6.07, 6.45) is 4.63. The third-order valence-electron chi connectivity index (χ3n) is 13.7. The summed E-state index contributed by atoms with van der Waals surface area (Å²) in [6, 6.07) is 74.4. The number of rotatable bonds is 6. The highest BCUT2D eigenvalue weighted by atomic mass is 32.1. The van der Waals surface area contributed by atoms with Gasteiger partial charge in [-0.3, -0.25) is 0 Å². The first-order valence-electron chi connectivity index (χ1n) is 21.9. The largest absolute Gasteiger partial charge is 0.310 e. The molecule has 0 fully saturated rings. The van der Waals surface area contributed by atoms with E-state index in [9.17, 15) is 0 Å². The highest BCUT2D eigenvalue weighted by Crippen LogP contribution is 2.51. The van der Waals surface area contributed by atoms with E-state index in [1.165, 1.54) is 107 Å². The quantitative estimate of drug-likeness (QED) is 0.119. The van der Waals surface area contributed by atoms with Crippen LogP contribution >= 0.6 is 11.3 Å². The molecule has 296 valence electrons. The third kappa shape index (κ3) is 5.55. The van der Waals surface area contributed by atoms with Crippen molar-refractivity contribution < 1.29 is 0 Å². The van der Waals surface area contributed by atoms with Gasteiger partial charge in [0.15, 0.2) is 0 Å². The maximum atomic E-state index is 2.49. The van der Waals surface area contributed by atoms with Crippen LogP contribution in [0.3, 0.4) is 0 Å². The van der Waals surface area contributed by atoms with Crippen molar-refractivity contribution in [3.05, 3.63) is 222 Å². The number of anilines is 3. The van der Waals surface area contributed by atoms with Gasteiger partial charge in [0.05, 0.1) is 5.69 Å². The lowest BCUT2D eigenvalue weighted by Crippen LogP contribution is -2.15. The SMILES string of the molecule is CC1(C)c2cc(/C=C/c3ccc(N(c4ccccc4)c4ccc5c(c4)sc4ccccc45)c4ccccc34)cc3ccc4cc(-c5cc6ccccc6c6ccccc56)cc1c4c23. The lowest BCUT2D eigenvalue weighted by Gasteiger charge is -2.27. The summed E-state index contributed by atoms with van der Waals surface area (Å²) in [5.74, 6) is 0. The molecule has 1 nitrogen and oxygen atoms in total. The summed E-state index contributed by atoms with van der Waals surface area (Å²) >= 11 is 1.86. The van der Waals surface area contributed by atoms with E-state index in [1.807, 2.05) is 11.3 Å². The molecule has 1 aromatic heterocycles. The summed E-state index contributed by atoms with van der Waals surface area (Å²) in [6.45, 7) is 4.82. The number of hydrogen-bond acceptors (Lipinski definition) is 2. The van der Waals surface area contributed by atoms with Crippen LogP contribution in [-0.2, 0) is 5.41 Å². The van der Waals surface area contributed by atoms with Crippen molar-refractivity contribution in [2.75, 3.05) is 4.90 Å². The molecule has 63 heavy (non-hydrogen) atoms. The summed E-state index contributed by atoms with van der Waals surface area (Å²) < 4.78 is 2.61. The monoisotopic (exact) mass is 819 g/mol. The Morgan fingerprint density at radius 2 is 1.06 bits per heavy atom. The molecular formula is C61H41NS. The lowest BCUT2D eigenvalue weighted by atomic mass is 9.80. The molecule has 2 heteroatoms. The predicted octanol–water partition coefficient (Wildman–Crippen LogP) is 17.8. The van der Waals surface area contributed by atoms with Gasteiger partial charge in [0.1, 0.15) is 0 Å². The van der Waals surface area contributed by atoms with Crippen LogP contribution in [0, 0.1) is 0 Å². The molecule has 1 aliphatic carbocycles. The molecule has 13 rings (SSSR count). The van der Waals surface area contributed by atoms with Gasteiger partial charge in [0.25, 0.3) is 0 Å². The second-order valence-corrected chi connectivity index (χ2v) is 18.8. The second-order valence-electron chi connectivity index (χ2n) is 17.7. The van der Waals surface area contributed by atoms with Crippen LogP contribution < -0.4 is 4.90 Å². The maximum Gasteiger partial charge on any atom is 0.0540 e. The van der Waals surface area contributed by atoms with E-state index in [0.717, 1.165) is 17.1 Å². The zero-order valence-corrected chi connectivity index (χ0v) is 35.9. The van der Waals surface area contributed by atoms with E-state index in [1.54, 1.807) is 0 Å². The molecule has 0 spiro atoms. The van der Waals surface area contributed by atoms with Crippen molar-refractivity contribution in [1.29, 1.82) is 0 Å². The zero-order chi connectivity index (χ0) is 41.8. The van der Waals surface area contributed by atoms with Crippen molar-refractivity contribution in [2.24, 2.45) is 0 Å². The van der Waals surface area contributed by atoms with E-state index < -0.39 is 0 Å². The minimum Gasteiger partial charge on any atom is -0.310 e. The molecule has 0 atom stereocenters. The molecular weight excluding hydrogens is 779 g/mol. The normalized spacial score (nSPS) is 13.3. The standard InChI is InChI=1S/C61H41NS/c1-61(2)54-33-38(32-41-26-27-42-34-43(36-55(61)60(42)59(41)54)53-35-40-14-6-7-18-47(40)48-19-9-10-20-49(48)53)24-25-39-28-31-56(50-21-11-8-17-46(39)50)62(44-15-4-3-5-16-44)45-29-30-52-51-22-12-13-23-57(51)63-58(52)37-45/h3-37H,1-2H3/b25-24+. The van der Waals surface area contributed by atoms with Crippen molar-refractivity contribution >= 4 is 115 Å². The van der Waals surface area contributed by atoms with E-state index in [-0.39, 0.29) is 5.41 Å². The topological polar surface area (TPSA) is 3.24 Å². The molecule has 1 aliphatic rings. The average Bonchev–Trinajstić information content (AvgIpc) is 3.81. The number of benzene rings is 11. The van der Waals surface area contributed by atoms with Gasteiger partial charge >= 0.3 is 0 Å². The molecule has 0 bridgehead atoms. The van der Waals surface area contributed by atoms with Crippen LogP contribution in [0.25, 0.3) is 97.3 Å². The molecule has 1 heterocycles. The molecule has 0 radical (unpaired) electrons. The smallest absolute Gasteiger partial charge is 0.0540 e. The molecule has 0 aliphatic heterocycles. The van der Waals surface area contributed by atoms with Crippen molar-refractivity contribution in [1.82, 2.24) is 0 Å². The summed E-state index contributed by atoms with van der Waals surface area (Å²) in [5, 5.41) is 15.6. The van der Waals surface area contributed by atoms with Gasteiger partial charge in [-0.1, -0.05) is 166 Å². The van der Waals surface area contributed by atoms with Crippen LogP contribution in [0.4, 0.5) is 17.1 Å². The molecule has 0 saturated heterocycles. The highest BCUT2D eigenvalue weighted by molar-refractivity contribution is 7.25. The van der Waals surface area contributed by atoms with Gasteiger partial charge in [0.2, 0.25) is 0 Å². The maximum absolute atomic E-state index is 2.49. The Morgan fingerprint density at radius 1 is 0.413 bits per heavy atom. The van der Waals surface area contributed by atoms with Gasteiger partial charge in [0, 0.05) is 42.3 Å². The fourth-order valence-electron chi connectivity index (χ4n) is 10.7. The van der Waals surface area contributed by atoms with E-state index in [4.69, 9.17) is 0 Å². The predicted molar refractivity (Wildman–Crippen MR) is 274 cm³/mol. The Balaban J connectivity index is 0.898. The number of hydrogen-bond donors (Lipinski definition) is 0. The Morgan fingerprint density at radius 3 is 1.89 bits per heavy atom. The minimum absolute atomic E-state index is 0.166. The van der Waals surface area contributed by atoms with Crippen molar-refractivity contribution in [3.8, 4) is 11.1 Å². The molecule has 0 amide bonds. The lowest BCUT2D eigenvalue weighted by molar-refractivity contribution is 0.663. The van der Waals surface area contributed by atoms with Crippen molar-refractivity contribution in [2.45, 2.75) is 19.3 Å². The van der Waals surface area contributed by atoms with Gasteiger partial charge < -0.3 is 4.90 Å². The summed E-state index contributed by atoms with van der Waals surface area (Å²) in [5.41, 5.74) is 11.1. The van der Waals surface area contributed by atoms with Crippen LogP contribution in [-0.4, -0.2) is 0 Å². The summed E-state index contributed by atoms with van der Waals surface area (Å²) in [7, 11) is 0. The van der Waals surface area contributed by atoms with E-state index in [0.29, 0.717) is 0 Å². The first-order valence-corrected chi connectivity index (χ1v) is 22.7. The average molecular weight is 820 g/mol. The number of thiophene rings is 1. The van der Waals surface area contributed by atoms with Gasteiger partial charge in [-0.2, -0.15) is 0 Å². The van der Waals surface area contributed by atoms with Gasteiger partial charge in [-0.25, -0.2) is 0 Å². The Labute approximate surface area is 370 Å². The van der Waals surface area contributed by atoms with Crippen LogP contribution in [0.1, 0.15) is 36.1 Å². The molecule has 11 aromatic carbocycles. The Kier molecular flexibility index (Phi) is 7.89. The Bertz CT molecular complexity index is 3890. The Hall–Kier alpha value is -7.52. The van der Waals surface area contributed by atoms with E-state index in [2.05, 4.69) is 231 Å². The molecule has 12 aromatic rings. The first kappa shape index (κ1) is 36.2.